The maximum absolute atomic E-state index is 12.1. The molecule has 0 bridgehead atoms. The van der Waals surface area contributed by atoms with Gasteiger partial charge in [-0.05, 0) is 38.5 Å². The van der Waals surface area contributed by atoms with Gasteiger partial charge in [0.1, 0.15) is 11.6 Å². The van der Waals surface area contributed by atoms with Gasteiger partial charge in [0.05, 0.1) is 24.0 Å². The van der Waals surface area contributed by atoms with E-state index < -0.39 is 0 Å². The molecule has 2 atom stereocenters. The lowest BCUT2D eigenvalue weighted by Gasteiger charge is -2.36. The van der Waals surface area contributed by atoms with Crippen molar-refractivity contribution in [2.24, 2.45) is 0 Å². The summed E-state index contributed by atoms with van der Waals surface area (Å²) in [6.07, 6.45) is 3.73. The number of rotatable bonds is 4. The van der Waals surface area contributed by atoms with Crippen LogP contribution in [0.3, 0.4) is 0 Å². The van der Waals surface area contributed by atoms with Gasteiger partial charge < -0.3 is 19.4 Å². The predicted octanol–water partition coefficient (Wildman–Crippen LogP) is 2.53. The predicted molar refractivity (Wildman–Crippen MR) is 91.1 cm³/mol. The van der Waals surface area contributed by atoms with E-state index in [1.165, 1.54) is 6.26 Å². The second kappa shape index (κ2) is 7.05. The number of anilines is 1. The quantitative estimate of drug-likeness (QED) is 0.933. The fraction of sp³-hybridized carbons (Fsp3) is 0.444. The molecule has 1 fully saturated rings. The highest BCUT2D eigenvalue weighted by Gasteiger charge is 2.23. The highest BCUT2D eigenvalue weighted by Crippen LogP contribution is 2.18. The SMILES string of the molecule is Cc1occc1C(=O)NCc1ccc(N2CC(C)OC(C)C2)nc1. The molecule has 0 aromatic carbocycles. The molecule has 6 heteroatoms. The lowest BCUT2D eigenvalue weighted by molar-refractivity contribution is -0.00546. The van der Waals surface area contributed by atoms with Crippen LogP contribution in [0.1, 0.15) is 35.5 Å². The van der Waals surface area contributed by atoms with Gasteiger partial charge in [-0.1, -0.05) is 6.07 Å². The smallest absolute Gasteiger partial charge is 0.255 e. The first-order chi connectivity index (χ1) is 11.5. The van der Waals surface area contributed by atoms with E-state index in [-0.39, 0.29) is 18.1 Å². The standard InChI is InChI=1S/C18H23N3O3/c1-12-10-21(11-13(2)24-12)17-5-4-15(8-19-17)9-20-18(22)16-6-7-23-14(16)3/h4-8,12-13H,9-11H2,1-3H3,(H,20,22). The average Bonchev–Trinajstić information content (AvgIpc) is 2.98. The highest BCUT2D eigenvalue weighted by atomic mass is 16.5. The molecule has 2 unspecified atom stereocenters. The van der Waals surface area contributed by atoms with Gasteiger partial charge in [0, 0.05) is 25.8 Å². The third kappa shape index (κ3) is 3.76. The number of carbonyl (C=O) groups is 1. The zero-order valence-electron chi connectivity index (χ0n) is 14.3. The first-order valence-corrected chi connectivity index (χ1v) is 8.20. The van der Waals surface area contributed by atoms with Crippen LogP contribution in [0, 0.1) is 6.92 Å². The minimum atomic E-state index is -0.138. The number of nitrogens with zero attached hydrogens (tertiary/aromatic N) is 2. The number of ether oxygens (including phenoxy) is 1. The van der Waals surface area contributed by atoms with Crippen molar-refractivity contribution in [3.63, 3.8) is 0 Å². The molecule has 0 aliphatic carbocycles. The Hall–Kier alpha value is -2.34. The Bertz CT molecular complexity index is 686. The molecule has 3 rings (SSSR count). The van der Waals surface area contributed by atoms with Crippen LogP contribution >= 0.6 is 0 Å². The number of nitrogens with one attached hydrogen (secondary N) is 1. The number of aryl methyl sites for hydroxylation is 1. The maximum atomic E-state index is 12.1. The Morgan fingerprint density at radius 1 is 1.29 bits per heavy atom. The van der Waals surface area contributed by atoms with Crippen LogP contribution in [0.4, 0.5) is 5.82 Å². The Morgan fingerprint density at radius 3 is 2.62 bits per heavy atom. The maximum Gasteiger partial charge on any atom is 0.255 e. The zero-order valence-corrected chi connectivity index (χ0v) is 14.3. The minimum Gasteiger partial charge on any atom is -0.469 e. The summed E-state index contributed by atoms with van der Waals surface area (Å²) in [6.45, 7) is 8.04. The number of morpholine rings is 1. The van der Waals surface area contributed by atoms with Crippen LogP contribution in [0.25, 0.3) is 0 Å². The van der Waals surface area contributed by atoms with Crippen molar-refractivity contribution in [2.45, 2.75) is 39.5 Å². The van der Waals surface area contributed by atoms with Gasteiger partial charge in [0.15, 0.2) is 0 Å². The lowest BCUT2D eigenvalue weighted by Crippen LogP contribution is -2.45. The van der Waals surface area contributed by atoms with Gasteiger partial charge in [0.25, 0.3) is 5.91 Å². The van der Waals surface area contributed by atoms with Crippen LogP contribution in [-0.2, 0) is 11.3 Å². The Labute approximate surface area is 141 Å². The van der Waals surface area contributed by atoms with Crippen LogP contribution < -0.4 is 10.2 Å². The summed E-state index contributed by atoms with van der Waals surface area (Å²) in [5.41, 5.74) is 1.53. The van der Waals surface area contributed by atoms with Gasteiger partial charge in [-0.2, -0.15) is 0 Å². The fourth-order valence-corrected chi connectivity index (χ4v) is 2.97. The molecular weight excluding hydrogens is 306 g/mol. The van der Waals surface area contributed by atoms with E-state index in [0.29, 0.717) is 17.9 Å². The molecule has 2 aromatic heterocycles. The topological polar surface area (TPSA) is 67.6 Å². The van der Waals surface area contributed by atoms with Crippen molar-refractivity contribution >= 4 is 11.7 Å². The number of pyridine rings is 1. The molecule has 24 heavy (non-hydrogen) atoms. The van der Waals surface area contributed by atoms with E-state index in [4.69, 9.17) is 9.15 Å². The zero-order chi connectivity index (χ0) is 17.1. The van der Waals surface area contributed by atoms with Crippen LogP contribution in [0.15, 0.2) is 35.1 Å². The first kappa shape index (κ1) is 16.5. The van der Waals surface area contributed by atoms with Gasteiger partial charge in [0.2, 0.25) is 0 Å². The molecule has 0 spiro atoms. The normalized spacial score (nSPS) is 20.9. The number of hydrogen-bond donors (Lipinski definition) is 1. The van der Waals surface area contributed by atoms with E-state index in [0.717, 1.165) is 24.5 Å². The lowest BCUT2D eigenvalue weighted by atomic mass is 10.2. The molecule has 0 radical (unpaired) electrons. The van der Waals surface area contributed by atoms with E-state index in [9.17, 15) is 4.79 Å². The summed E-state index contributed by atoms with van der Waals surface area (Å²) in [4.78, 5) is 18.8. The molecule has 128 valence electrons. The van der Waals surface area contributed by atoms with Crippen LogP contribution in [-0.4, -0.2) is 36.2 Å². The van der Waals surface area contributed by atoms with Gasteiger partial charge in [-0.15, -0.1) is 0 Å². The van der Waals surface area contributed by atoms with Crippen LogP contribution in [0.5, 0.6) is 0 Å². The molecule has 1 aliphatic heterocycles. The number of carbonyl (C=O) groups excluding carboxylic acids is 1. The molecule has 3 heterocycles. The number of furan rings is 1. The second-order valence-corrected chi connectivity index (χ2v) is 6.26. The summed E-state index contributed by atoms with van der Waals surface area (Å²) in [5.74, 6) is 1.43. The first-order valence-electron chi connectivity index (χ1n) is 8.20. The Kier molecular flexibility index (Phi) is 4.85. The summed E-state index contributed by atoms with van der Waals surface area (Å²) in [6, 6.07) is 5.66. The molecule has 1 N–H and O–H groups in total. The van der Waals surface area contributed by atoms with Crippen molar-refractivity contribution in [1.82, 2.24) is 10.3 Å². The van der Waals surface area contributed by atoms with Gasteiger partial charge >= 0.3 is 0 Å². The molecule has 1 amide bonds. The molecule has 2 aromatic rings. The summed E-state index contributed by atoms with van der Waals surface area (Å²) in [5, 5.41) is 2.88. The average molecular weight is 329 g/mol. The van der Waals surface area contributed by atoms with Crippen molar-refractivity contribution in [3.8, 4) is 0 Å². The number of amides is 1. The van der Waals surface area contributed by atoms with Crippen molar-refractivity contribution in [2.75, 3.05) is 18.0 Å². The van der Waals surface area contributed by atoms with E-state index in [1.54, 1.807) is 13.0 Å². The second-order valence-electron chi connectivity index (χ2n) is 6.26. The largest absolute Gasteiger partial charge is 0.469 e. The molecule has 6 nitrogen and oxygen atoms in total. The van der Waals surface area contributed by atoms with E-state index in [2.05, 4.69) is 29.0 Å². The Morgan fingerprint density at radius 2 is 2.04 bits per heavy atom. The third-order valence-electron chi connectivity index (χ3n) is 4.11. The van der Waals surface area contributed by atoms with Crippen LogP contribution in [0.2, 0.25) is 0 Å². The summed E-state index contributed by atoms with van der Waals surface area (Å²) in [7, 11) is 0. The van der Waals surface area contributed by atoms with Crippen molar-refractivity contribution in [1.29, 1.82) is 0 Å². The Balaban J connectivity index is 1.58. The monoisotopic (exact) mass is 329 g/mol. The van der Waals surface area contributed by atoms with E-state index in [1.807, 2.05) is 18.3 Å². The molecule has 1 aliphatic rings. The fourth-order valence-electron chi connectivity index (χ4n) is 2.97. The highest BCUT2D eigenvalue weighted by molar-refractivity contribution is 5.94. The molecular formula is C18H23N3O3. The third-order valence-corrected chi connectivity index (χ3v) is 4.11. The summed E-state index contributed by atoms with van der Waals surface area (Å²) < 4.78 is 10.9. The van der Waals surface area contributed by atoms with Gasteiger partial charge in [-0.3, -0.25) is 4.79 Å². The summed E-state index contributed by atoms with van der Waals surface area (Å²) >= 11 is 0. The van der Waals surface area contributed by atoms with E-state index >= 15 is 0 Å². The number of hydrogen-bond acceptors (Lipinski definition) is 5. The molecule has 0 saturated carbocycles. The van der Waals surface area contributed by atoms with Crippen molar-refractivity contribution in [3.05, 3.63) is 47.5 Å². The van der Waals surface area contributed by atoms with Crippen molar-refractivity contribution < 1.29 is 13.9 Å². The van der Waals surface area contributed by atoms with Gasteiger partial charge in [-0.25, -0.2) is 4.98 Å². The number of aromatic nitrogens is 1. The minimum absolute atomic E-state index is 0.138. The molecule has 1 saturated heterocycles.